The molecular weight excluding hydrogens is 164 g/mol. The van der Waals surface area contributed by atoms with Crippen LogP contribution in [0.2, 0.25) is 0 Å². The van der Waals surface area contributed by atoms with Crippen molar-refractivity contribution in [3.05, 3.63) is 0 Å². The molecule has 1 aliphatic heterocycles. The monoisotopic (exact) mass is 182 g/mol. The summed E-state index contributed by atoms with van der Waals surface area (Å²) in [4.78, 5) is 0. The fourth-order valence-electron chi connectivity index (χ4n) is 4.16. The van der Waals surface area contributed by atoms with Crippen LogP contribution in [0.4, 0.5) is 0 Å². The third-order valence-corrected chi connectivity index (χ3v) is 4.55. The van der Waals surface area contributed by atoms with Gasteiger partial charge in [0.15, 0.2) is 6.29 Å². The van der Waals surface area contributed by atoms with Gasteiger partial charge >= 0.3 is 0 Å². The number of fused-ring (bicyclic) bond motifs is 5. The largest absolute Gasteiger partial charge is 0.368 e. The van der Waals surface area contributed by atoms with E-state index in [0.717, 1.165) is 30.1 Å². The number of rotatable bonds is 0. The van der Waals surface area contributed by atoms with Crippen molar-refractivity contribution in [3.63, 3.8) is 0 Å². The maximum absolute atomic E-state index is 9.53. The summed E-state index contributed by atoms with van der Waals surface area (Å²) in [6.07, 6.45) is 4.95. The first-order valence-corrected chi connectivity index (χ1v) is 5.59. The van der Waals surface area contributed by atoms with Crippen molar-refractivity contribution in [2.24, 2.45) is 23.7 Å². The van der Waals surface area contributed by atoms with E-state index in [0.29, 0.717) is 6.10 Å². The third kappa shape index (κ3) is 1.08. The zero-order valence-corrected chi connectivity index (χ0v) is 8.15. The van der Waals surface area contributed by atoms with Crippen LogP contribution in [0.15, 0.2) is 0 Å². The van der Waals surface area contributed by atoms with E-state index < -0.39 is 6.29 Å². The van der Waals surface area contributed by atoms with Crippen LogP contribution in [0.5, 0.6) is 0 Å². The second-order valence-electron chi connectivity index (χ2n) is 5.11. The van der Waals surface area contributed by atoms with E-state index in [4.69, 9.17) is 4.74 Å². The summed E-state index contributed by atoms with van der Waals surface area (Å²) in [5.41, 5.74) is 0. The highest BCUT2D eigenvalue weighted by Gasteiger charge is 2.52. The minimum Gasteiger partial charge on any atom is -0.368 e. The molecule has 2 heteroatoms. The Hall–Kier alpha value is -0.0800. The maximum atomic E-state index is 9.53. The van der Waals surface area contributed by atoms with E-state index in [1.165, 1.54) is 19.3 Å². The molecule has 1 heterocycles. The van der Waals surface area contributed by atoms with Crippen LogP contribution in [0.1, 0.15) is 32.6 Å². The Balaban J connectivity index is 1.85. The van der Waals surface area contributed by atoms with E-state index in [-0.39, 0.29) is 0 Å². The summed E-state index contributed by atoms with van der Waals surface area (Å²) in [5, 5.41) is 9.53. The standard InChI is InChI=1S/C11H18O2/c1-6-11-8-3-2-7(4-8)9(11)5-10(12)13-6/h6-12H,2-5H2,1H3/t6-,7+,8-,9?,10-,11?/m1/s1. The van der Waals surface area contributed by atoms with Gasteiger partial charge in [-0.15, -0.1) is 0 Å². The molecule has 6 atom stereocenters. The van der Waals surface area contributed by atoms with Crippen LogP contribution in [0.3, 0.4) is 0 Å². The predicted octanol–water partition coefficient (Wildman–Crippen LogP) is 1.78. The van der Waals surface area contributed by atoms with Crippen LogP contribution in [-0.2, 0) is 4.74 Å². The summed E-state index contributed by atoms with van der Waals surface area (Å²) in [6, 6.07) is 0. The van der Waals surface area contributed by atoms with Gasteiger partial charge in [-0.05, 0) is 49.9 Å². The van der Waals surface area contributed by atoms with Crippen LogP contribution >= 0.6 is 0 Å². The first-order chi connectivity index (χ1) is 6.25. The molecule has 3 rings (SSSR count). The molecular formula is C11H18O2. The topological polar surface area (TPSA) is 29.5 Å². The van der Waals surface area contributed by atoms with Gasteiger partial charge in [-0.3, -0.25) is 0 Å². The molecule has 2 saturated carbocycles. The summed E-state index contributed by atoms with van der Waals surface area (Å²) in [6.45, 7) is 2.14. The van der Waals surface area contributed by atoms with E-state index in [1.807, 2.05) is 0 Å². The Morgan fingerprint density at radius 1 is 1.15 bits per heavy atom. The summed E-state index contributed by atoms with van der Waals surface area (Å²) >= 11 is 0. The van der Waals surface area contributed by atoms with Gasteiger partial charge in [-0.1, -0.05) is 0 Å². The van der Waals surface area contributed by atoms with Gasteiger partial charge in [0.2, 0.25) is 0 Å². The van der Waals surface area contributed by atoms with E-state index in [9.17, 15) is 5.11 Å². The zero-order chi connectivity index (χ0) is 9.00. The molecule has 3 aliphatic rings. The average molecular weight is 182 g/mol. The van der Waals surface area contributed by atoms with Gasteiger partial charge in [0, 0.05) is 6.42 Å². The predicted molar refractivity (Wildman–Crippen MR) is 49.0 cm³/mol. The minimum atomic E-state index is -0.476. The van der Waals surface area contributed by atoms with Crippen molar-refractivity contribution in [2.45, 2.75) is 45.0 Å². The van der Waals surface area contributed by atoms with Gasteiger partial charge in [-0.25, -0.2) is 0 Å². The lowest BCUT2D eigenvalue weighted by molar-refractivity contribution is -0.202. The molecule has 0 aromatic heterocycles. The van der Waals surface area contributed by atoms with E-state index in [1.54, 1.807) is 0 Å². The van der Waals surface area contributed by atoms with Gasteiger partial charge in [-0.2, -0.15) is 0 Å². The lowest BCUT2D eigenvalue weighted by Gasteiger charge is -2.41. The van der Waals surface area contributed by atoms with Gasteiger partial charge in [0.1, 0.15) is 0 Å². The van der Waals surface area contributed by atoms with E-state index in [2.05, 4.69) is 6.92 Å². The lowest BCUT2D eigenvalue weighted by atomic mass is 9.73. The summed E-state index contributed by atoms with van der Waals surface area (Å²) in [5.74, 6) is 3.37. The molecule has 0 amide bonds. The van der Waals surface area contributed by atoms with Crippen LogP contribution < -0.4 is 0 Å². The molecule has 1 N–H and O–H groups in total. The first kappa shape index (κ1) is 8.25. The van der Waals surface area contributed by atoms with Crippen molar-refractivity contribution in [1.29, 1.82) is 0 Å². The fraction of sp³-hybridized carbons (Fsp3) is 1.00. The van der Waals surface area contributed by atoms with Crippen molar-refractivity contribution in [2.75, 3.05) is 0 Å². The van der Waals surface area contributed by atoms with Crippen molar-refractivity contribution in [1.82, 2.24) is 0 Å². The Kier molecular flexibility index (Phi) is 1.72. The third-order valence-electron chi connectivity index (χ3n) is 4.55. The van der Waals surface area contributed by atoms with Gasteiger partial charge in [0.25, 0.3) is 0 Å². The van der Waals surface area contributed by atoms with Crippen molar-refractivity contribution in [3.8, 4) is 0 Å². The Bertz CT molecular complexity index is 216. The SMILES string of the molecule is C[C@H]1O[C@@H](O)CC2C1[C@@H]1CC[C@H]2C1. The number of ether oxygens (including phenoxy) is 1. The molecule has 0 aromatic carbocycles. The highest BCUT2D eigenvalue weighted by Crippen LogP contribution is 2.57. The second kappa shape index (κ2) is 2.71. The van der Waals surface area contributed by atoms with Crippen LogP contribution in [0, 0.1) is 23.7 Å². The Labute approximate surface area is 79.3 Å². The molecule has 2 aliphatic carbocycles. The average Bonchev–Trinajstić information content (AvgIpc) is 2.62. The summed E-state index contributed by atoms with van der Waals surface area (Å²) < 4.78 is 5.51. The quantitative estimate of drug-likeness (QED) is 0.618. The Morgan fingerprint density at radius 3 is 2.77 bits per heavy atom. The number of hydrogen-bond donors (Lipinski definition) is 1. The first-order valence-electron chi connectivity index (χ1n) is 5.59. The fourth-order valence-corrected chi connectivity index (χ4v) is 4.16. The minimum absolute atomic E-state index is 0.295. The molecule has 0 aromatic rings. The normalized spacial score (nSPS) is 59.5. The van der Waals surface area contributed by atoms with Gasteiger partial charge in [0.05, 0.1) is 6.10 Å². The maximum Gasteiger partial charge on any atom is 0.155 e. The Morgan fingerprint density at radius 2 is 1.92 bits per heavy atom. The van der Waals surface area contributed by atoms with Crippen LogP contribution in [-0.4, -0.2) is 17.5 Å². The molecule has 2 nitrogen and oxygen atoms in total. The van der Waals surface area contributed by atoms with E-state index >= 15 is 0 Å². The number of aliphatic hydroxyl groups is 1. The molecule has 2 bridgehead atoms. The highest BCUT2D eigenvalue weighted by atomic mass is 16.6. The molecule has 0 radical (unpaired) electrons. The number of hydrogen-bond acceptors (Lipinski definition) is 2. The lowest BCUT2D eigenvalue weighted by Crippen LogP contribution is -2.42. The summed E-state index contributed by atoms with van der Waals surface area (Å²) in [7, 11) is 0. The smallest absolute Gasteiger partial charge is 0.155 e. The molecule has 1 saturated heterocycles. The second-order valence-corrected chi connectivity index (χ2v) is 5.11. The molecule has 74 valence electrons. The zero-order valence-electron chi connectivity index (χ0n) is 8.15. The molecule has 2 unspecified atom stereocenters. The molecule has 0 spiro atoms. The van der Waals surface area contributed by atoms with Crippen LogP contribution in [0.25, 0.3) is 0 Å². The van der Waals surface area contributed by atoms with Crippen molar-refractivity contribution < 1.29 is 9.84 Å². The molecule has 3 fully saturated rings. The highest BCUT2D eigenvalue weighted by molar-refractivity contribution is 5.00. The van der Waals surface area contributed by atoms with Crippen molar-refractivity contribution >= 4 is 0 Å². The van der Waals surface area contributed by atoms with Gasteiger partial charge < -0.3 is 9.84 Å². The molecule has 13 heavy (non-hydrogen) atoms. The number of aliphatic hydroxyl groups excluding tert-OH is 1.